The lowest BCUT2D eigenvalue weighted by Crippen LogP contribution is -2.27. The summed E-state index contributed by atoms with van der Waals surface area (Å²) in [6.45, 7) is 4.50. The van der Waals surface area contributed by atoms with Gasteiger partial charge in [-0.1, -0.05) is 12.1 Å². The van der Waals surface area contributed by atoms with Crippen molar-refractivity contribution in [3.05, 3.63) is 81.1 Å². The molecule has 0 aliphatic rings. The second-order valence-corrected chi connectivity index (χ2v) is 8.56. The molecule has 4 aromatic rings. The molecule has 3 aromatic heterocycles. The Kier molecular flexibility index (Phi) is 6.18. The number of carbonyl (C=O) groups excluding carboxylic acids is 2. The zero-order valence-electron chi connectivity index (χ0n) is 17.7. The molecule has 2 N–H and O–H groups in total. The van der Waals surface area contributed by atoms with Crippen molar-refractivity contribution in [2.75, 3.05) is 5.32 Å². The van der Waals surface area contributed by atoms with Gasteiger partial charge in [0.1, 0.15) is 4.83 Å². The van der Waals surface area contributed by atoms with Crippen LogP contribution in [0.25, 0.3) is 10.2 Å². The van der Waals surface area contributed by atoms with E-state index in [1.165, 1.54) is 28.5 Å². The number of anilines is 1. The van der Waals surface area contributed by atoms with Crippen LogP contribution in [0.3, 0.4) is 0 Å². The van der Waals surface area contributed by atoms with Crippen molar-refractivity contribution in [3.8, 4) is 0 Å². The Hall–Kier alpha value is -3.72. The number of aromatic nitrogens is 2. The van der Waals surface area contributed by atoms with Crippen LogP contribution in [0.5, 0.6) is 0 Å². The summed E-state index contributed by atoms with van der Waals surface area (Å²) in [6, 6.07) is 10.4. The topological polar surface area (TPSA) is 106 Å². The summed E-state index contributed by atoms with van der Waals surface area (Å²) in [7, 11) is 0. The number of hydrogen-bond acceptors (Lipinski definition) is 6. The van der Waals surface area contributed by atoms with Crippen molar-refractivity contribution in [1.29, 1.82) is 0 Å². The first-order chi connectivity index (χ1) is 15.4. The van der Waals surface area contributed by atoms with Gasteiger partial charge >= 0.3 is 0 Å². The predicted molar refractivity (Wildman–Crippen MR) is 123 cm³/mol. The monoisotopic (exact) mass is 450 g/mol. The molecule has 0 unspecified atom stereocenters. The van der Waals surface area contributed by atoms with Crippen LogP contribution in [-0.2, 0) is 17.9 Å². The highest BCUT2D eigenvalue weighted by molar-refractivity contribution is 7.18. The van der Waals surface area contributed by atoms with Gasteiger partial charge < -0.3 is 15.1 Å². The van der Waals surface area contributed by atoms with E-state index in [1.54, 1.807) is 24.3 Å². The molecule has 8 nitrogen and oxygen atoms in total. The smallest absolute Gasteiger partial charge is 0.291 e. The van der Waals surface area contributed by atoms with Gasteiger partial charge in [-0.2, -0.15) is 0 Å². The number of aryl methyl sites for hydroxylation is 3. The van der Waals surface area contributed by atoms with E-state index >= 15 is 0 Å². The number of nitrogens with one attached hydrogen (secondary N) is 2. The van der Waals surface area contributed by atoms with Gasteiger partial charge in [-0.15, -0.1) is 11.3 Å². The van der Waals surface area contributed by atoms with Crippen LogP contribution < -0.4 is 16.2 Å². The minimum absolute atomic E-state index is 0.114. The van der Waals surface area contributed by atoms with Crippen molar-refractivity contribution in [1.82, 2.24) is 14.9 Å². The third kappa shape index (κ3) is 4.62. The number of rotatable bonds is 7. The molecule has 3 heterocycles. The summed E-state index contributed by atoms with van der Waals surface area (Å²) >= 11 is 1.50. The number of furan rings is 1. The molecular formula is C23H22N4O4S. The van der Waals surface area contributed by atoms with Gasteiger partial charge in [-0.05, 0) is 49.2 Å². The SMILES string of the molecule is Cc1sc2ncn(CCC(=O)NCc3ccc(NC(=O)c4ccco4)cc3)c(=O)c2c1C. The van der Waals surface area contributed by atoms with Crippen molar-refractivity contribution in [3.63, 3.8) is 0 Å². The number of benzene rings is 1. The highest BCUT2D eigenvalue weighted by Gasteiger charge is 2.13. The van der Waals surface area contributed by atoms with Gasteiger partial charge in [0.05, 0.1) is 18.0 Å². The first kappa shape index (κ1) is 21.5. The average molecular weight is 451 g/mol. The third-order valence-electron chi connectivity index (χ3n) is 5.18. The average Bonchev–Trinajstić information content (AvgIpc) is 3.42. The molecule has 0 radical (unpaired) electrons. The van der Waals surface area contributed by atoms with E-state index in [0.717, 1.165) is 20.8 Å². The number of carbonyl (C=O) groups is 2. The van der Waals surface area contributed by atoms with Gasteiger partial charge in [0.15, 0.2) is 5.76 Å². The Morgan fingerprint density at radius 1 is 1.16 bits per heavy atom. The first-order valence-electron chi connectivity index (χ1n) is 10.1. The maximum atomic E-state index is 12.7. The molecule has 0 fully saturated rings. The van der Waals surface area contributed by atoms with E-state index in [9.17, 15) is 14.4 Å². The summed E-state index contributed by atoms with van der Waals surface area (Å²) in [4.78, 5) is 43.1. The first-order valence-corrected chi connectivity index (χ1v) is 10.9. The molecule has 32 heavy (non-hydrogen) atoms. The van der Waals surface area contributed by atoms with Gasteiger partial charge in [0, 0.05) is 30.1 Å². The van der Waals surface area contributed by atoms with E-state index < -0.39 is 0 Å². The van der Waals surface area contributed by atoms with Crippen molar-refractivity contribution >= 4 is 39.1 Å². The highest BCUT2D eigenvalue weighted by Crippen LogP contribution is 2.25. The lowest BCUT2D eigenvalue weighted by molar-refractivity contribution is -0.121. The van der Waals surface area contributed by atoms with Crippen LogP contribution in [0.2, 0.25) is 0 Å². The molecule has 0 bridgehead atoms. The second kappa shape index (κ2) is 9.19. The fourth-order valence-electron chi connectivity index (χ4n) is 3.25. The molecular weight excluding hydrogens is 428 g/mol. The number of amides is 2. The van der Waals surface area contributed by atoms with Crippen LogP contribution in [-0.4, -0.2) is 21.4 Å². The normalized spacial score (nSPS) is 10.9. The molecule has 0 aliphatic heterocycles. The summed E-state index contributed by atoms with van der Waals surface area (Å²) in [5.74, 6) is -0.253. The van der Waals surface area contributed by atoms with Crippen molar-refractivity contribution in [2.24, 2.45) is 0 Å². The van der Waals surface area contributed by atoms with Gasteiger partial charge in [0.2, 0.25) is 5.91 Å². The summed E-state index contributed by atoms with van der Waals surface area (Å²) < 4.78 is 6.55. The van der Waals surface area contributed by atoms with Gasteiger partial charge in [-0.25, -0.2) is 4.98 Å². The summed E-state index contributed by atoms with van der Waals surface area (Å²) in [5, 5.41) is 6.22. The zero-order valence-corrected chi connectivity index (χ0v) is 18.5. The number of hydrogen-bond donors (Lipinski definition) is 2. The lowest BCUT2D eigenvalue weighted by Gasteiger charge is -2.08. The fourth-order valence-corrected chi connectivity index (χ4v) is 4.23. The van der Waals surface area contributed by atoms with Gasteiger partial charge in [0.25, 0.3) is 11.5 Å². The standard InChI is InChI=1S/C23H22N4O4S/c1-14-15(2)32-22-20(14)23(30)27(13-25-22)10-9-19(28)24-12-16-5-7-17(8-6-16)26-21(29)18-4-3-11-31-18/h3-8,11,13H,9-10,12H2,1-2H3,(H,24,28)(H,26,29). The third-order valence-corrected chi connectivity index (χ3v) is 6.30. The van der Waals surface area contributed by atoms with E-state index in [4.69, 9.17) is 4.42 Å². The quantitative estimate of drug-likeness (QED) is 0.447. The van der Waals surface area contributed by atoms with Crippen molar-refractivity contribution < 1.29 is 14.0 Å². The fraction of sp³-hybridized carbons (Fsp3) is 0.217. The van der Waals surface area contributed by atoms with Crippen LogP contribution in [0.1, 0.15) is 33.0 Å². The molecule has 0 saturated heterocycles. The molecule has 1 aromatic carbocycles. The highest BCUT2D eigenvalue weighted by atomic mass is 32.1. The molecule has 9 heteroatoms. The van der Waals surface area contributed by atoms with E-state index in [1.807, 2.05) is 26.0 Å². The molecule has 0 spiro atoms. The summed E-state index contributed by atoms with van der Waals surface area (Å²) in [5.41, 5.74) is 2.35. The number of thiophene rings is 1. The molecule has 4 rings (SSSR count). The maximum Gasteiger partial charge on any atom is 0.291 e. The maximum absolute atomic E-state index is 12.7. The lowest BCUT2D eigenvalue weighted by atomic mass is 10.2. The Morgan fingerprint density at radius 2 is 1.94 bits per heavy atom. The second-order valence-electron chi connectivity index (χ2n) is 7.36. The Bertz CT molecular complexity index is 1320. The molecule has 2 amide bonds. The van der Waals surface area contributed by atoms with E-state index in [-0.39, 0.29) is 36.1 Å². The largest absolute Gasteiger partial charge is 0.459 e. The van der Waals surface area contributed by atoms with Crippen LogP contribution in [0, 0.1) is 13.8 Å². The van der Waals surface area contributed by atoms with Crippen LogP contribution >= 0.6 is 11.3 Å². The van der Waals surface area contributed by atoms with E-state index in [0.29, 0.717) is 17.6 Å². The van der Waals surface area contributed by atoms with E-state index in [2.05, 4.69) is 15.6 Å². The van der Waals surface area contributed by atoms with Crippen LogP contribution in [0.15, 0.2) is 58.2 Å². The van der Waals surface area contributed by atoms with Crippen LogP contribution in [0.4, 0.5) is 5.69 Å². The van der Waals surface area contributed by atoms with Crippen molar-refractivity contribution in [2.45, 2.75) is 33.4 Å². The molecule has 0 aliphatic carbocycles. The summed E-state index contributed by atoms with van der Waals surface area (Å²) in [6.07, 6.45) is 3.12. The molecule has 0 atom stereocenters. The minimum Gasteiger partial charge on any atom is -0.459 e. The van der Waals surface area contributed by atoms with Gasteiger partial charge in [-0.3, -0.25) is 19.0 Å². The number of fused-ring (bicyclic) bond motifs is 1. The minimum atomic E-state index is -0.327. The zero-order chi connectivity index (χ0) is 22.7. The Balaban J connectivity index is 1.29. The Morgan fingerprint density at radius 3 is 2.66 bits per heavy atom. The molecule has 0 saturated carbocycles. The Labute approximate surface area is 187 Å². The predicted octanol–water partition coefficient (Wildman–Crippen LogP) is 3.63. The number of nitrogens with zero attached hydrogens (tertiary/aromatic N) is 2. The molecule has 164 valence electrons.